The number of carbonyl (C=O) groups is 3. The zero-order valence-corrected chi connectivity index (χ0v) is 71.6. The van der Waals surface area contributed by atoms with Crippen molar-refractivity contribution in [2.45, 2.75) is 373 Å². The Balaban J connectivity index is 4.51. The second kappa shape index (κ2) is 84.6. The Bertz CT molecular complexity index is 2650. The number of allylic oxidation sites excluding steroid dienone is 26. The summed E-state index contributed by atoms with van der Waals surface area (Å²) in [6.45, 7) is 2.44. The molecule has 0 saturated carbocycles. The molecule has 111 heavy (non-hydrogen) atoms. The van der Waals surface area contributed by atoms with E-state index in [1.165, 1.54) is 122 Å². The van der Waals surface area contributed by atoms with Gasteiger partial charge in [-0.25, -0.2) is 9.13 Å². The first kappa shape index (κ1) is 106. The molecule has 0 aromatic heterocycles. The Hall–Kier alpha value is -4.83. The zero-order chi connectivity index (χ0) is 80.8. The van der Waals surface area contributed by atoms with Crippen molar-refractivity contribution >= 4 is 33.6 Å². The van der Waals surface area contributed by atoms with Crippen LogP contribution in [-0.2, 0) is 55.8 Å². The summed E-state index contributed by atoms with van der Waals surface area (Å²) in [5.41, 5.74) is 0. The van der Waals surface area contributed by atoms with E-state index in [9.17, 15) is 43.5 Å². The molecule has 636 valence electrons. The van der Waals surface area contributed by atoms with E-state index in [-0.39, 0.29) is 19.3 Å². The quantitative estimate of drug-likeness (QED) is 0.0146. The molecule has 0 aliphatic heterocycles. The standard InChI is InChI=1S/C93H158O16P2/c1-4-7-10-13-16-19-22-25-28-30-32-34-36-38-40-42-43-45-47-48-50-52-54-56-59-61-64-67-70-73-76-79-91(96)103-82-88(94)83-105-110(99,100)106-84-89(95)85-107-111(101,102)108-87-90(109-93(98)81-78-75-72-69-66-63-58-27-24-21-18-15-12-9-6-3)86-104-92(97)80-77-74-71-68-65-62-60-57-55-53-51-49-46-44-41-39-37-35-33-31-29-26-23-20-17-14-11-8-5-2/h7-8,10-11,16-21,25-29,32-35,38-41,43,45,58,88-90,94-95H,4-6,9,12-15,22-24,30-31,36-37,42,44,46-57,59-87H2,1-3H3,(H,99,100)(H,101,102)/b10-7-,11-8-,19-16-,20-17-,21-18-,28-25-,29-26-,34-32-,35-33-,40-38-,41-39-,45-43-,58-27-. The van der Waals surface area contributed by atoms with E-state index >= 15 is 0 Å². The van der Waals surface area contributed by atoms with Crippen molar-refractivity contribution in [3.63, 3.8) is 0 Å². The lowest BCUT2D eigenvalue weighted by Gasteiger charge is -2.21. The SMILES string of the molecule is CC/C=C\C/C=C\C/C=C\C/C=C\C/C=C\C/C=C\CCCCCCCCCCCCCCC(=O)OCC(O)COP(=O)(O)OCC(O)COP(=O)(O)OCC(COC(=O)CCCCCCCCCCCCCCC/C=C\C/C=C\C/C=C\C/C=C\C/C=C\CC)OC(=O)CCCCCCC/C=C\C/C=C\CCCCC. The van der Waals surface area contributed by atoms with Crippen LogP contribution in [0.25, 0.3) is 0 Å². The second-order valence-electron chi connectivity index (χ2n) is 28.9. The van der Waals surface area contributed by atoms with Crippen LogP contribution in [0.15, 0.2) is 158 Å². The maximum atomic E-state index is 13.0. The summed E-state index contributed by atoms with van der Waals surface area (Å²) in [6, 6.07) is 0. The van der Waals surface area contributed by atoms with Crippen LogP contribution >= 0.6 is 15.6 Å². The predicted octanol–water partition coefficient (Wildman–Crippen LogP) is 26.5. The number of phosphoric ester groups is 2. The molecular weight excluding hydrogens is 1430 g/mol. The molecular formula is C93H158O16P2. The highest BCUT2D eigenvalue weighted by atomic mass is 31.2. The smallest absolute Gasteiger partial charge is 0.463 e. The molecule has 4 N–H and O–H groups in total. The summed E-state index contributed by atoms with van der Waals surface area (Å²) in [7, 11) is -9.81. The van der Waals surface area contributed by atoms with E-state index in [0.29, 0.717) is 19.3 Å². The van der Waals surface area contributed by atoms with E-state index in [0.717, 1.165) is 173 Å². The number of esters is 3. The van der Waals surface area contributed by atoms with Gasteiger partial charge in [-0.3, -0.25) is 32.5 Å². The molecule has 0 heterocycles. The van der Waals surface area contributed by atoms with Crippen molar-refractivity contribution in [3.05, 3.63) is 158 Å². The molecule has 0 amide bonds. The van der Waals surface area contributed by atoms with Gasteiger partial charge in [0.15, 0.2) is 6.10 Å². The molecule has 18 heteroatoms. The summed E-state index contributed by atoms with van der Waals surface area (Å²) < 4.78 is 61.3. The highest BCUT2D eigenvalue weighted by molar-refractivity contribution is 7.47. The van der Waals surface area contributed by atoms with Crippen LogP contribution in [0.3, 0.4) is 0 Å². The van der Waals surface area contributed by atoms with Crippen LogP contribution in [-0.4, -0.2) is 95.9 Å². The molecule has 0 rings (SSSR count). The molecule has 0 fully saturated rings. The zero-order valence-electron chi connectivity index (χ0n) is 69.8. The van der Waals surface area contributed by atoms with E-state index in [1.54, 1.807) is 0 Å². The summed E-state index contributed by atoms with van der Waals surface area (Å²) in [6.07, 6.45) is 107. The molecule has 5 atom stereocenters. The monoisotopic (exact) mass is 1590 g/mol. The molecule has 0 bridgehead atoms. The first-order chi connectivity index (χ1) is 54.2. The largest absolute Gasteiger partial charge is 0.472 e. The second-order valence-corrected chi connectivity index (χ2v) is 31.8. The van der Waals surface area contributed by atoms with Crippen LogP contribution < -0.4 is 0 Å². The number of hydrogen-bond acceptors (Lipinski definition) is 14. The number of unbranched alkanes of at least 4 members (excludes halogenated alkanes) is 33. The molecule has 16 nitrogen and oxygen atoms in total. The van der Waals surface area contributed by atoms with E-state index < -0.39 is 91.5 Å². The third kappa shape index (κ3) is 85.9. The Morgan fingerprint density at radius 1 is 0.261 bits per heavy atom. The molecule has 0 spiro atoms. The number of carbonyl (C=O) groups excluding carboxylic acids is 3. The van der Waals surface area contributed by atoms with Crippen molar-refractivity contribution in [1.82, 2.24) is 0 Å². The summed E-state index contributed by atoms with van der Waals surface area (Å²) in [5, 5.41) is 20.7. The van der Waals surface area contributed by atoms with Gasteiger partial charge in [0.2, 0.25) is 0 Å². The van der Waals surface area contributed by atoms with Crippen molar-refractivity contribution in [2.75, 3.05) is 39.6 Å². The fourth-order valence-electron chi connectivity index (χ4n) is 11.6. The highest BCUT2D eigenvalue weighted by Gasteiger charge is 2.29. The third-order valence-corrected chi connectivity index (χ3v) is 20.1. The van der Waals surface area contributed by atoms with Crippen molar-refractivity contribution in [1.29, 1.82) is 0 Å². The van der Waals surface area contributed by atoms with Gasteiger partial charge < -0.3 is 34.2 Å². The van der Waals surface area contributed by atoms with Crippen molar-refractivity contribution < 1.29 is 75.8 Å². The van der Waals surface area contributed by atoms with Crippen LogP contribution in [0.2, 0.25) is 0 Å². The lowest BCUT2D eigenvalue weighted by molar-refractivity contribution is -0.161. The number of rotatable bonds is 82. The predicted molar refractivity (Wildman–Crippen MR) is 463 cm³/mol. The van der Waals surface area contributed by atoms with Crippen LogP contribution in [0.4, 0.5) is 0 Å². The topological polar surface area (TPSA) is 231 Å². The molecule has 5 unspecified atom stereocenters. The Morgan fingerprint density at radius 2 is 0.477 bits per heavy atom. The molecule has 0 aromatic carbocycles. The van der Waals surface area contributed by atoms with E-state index in [1.807, 2.05) is 0 Å². The normalized spacial score (nSPS) is 14.6. The van der Waals surface area contributed by atoms with Gasteiger partial charge in [0.25, 0.3) is 0 Å². The van der Waals surface area contributed by atoms with Gasteiger partial charge in [-0.2, -0.15) is 0 Å². The molecule has 0 saturated heterocycles. The summed E-state index contributed by atoms with van der Waals surface area (Å²) in [5.74, 6) is -1.59. The lowest BCUT2D eigenvalue weighted by Crippen LogP contribution is -2.30. The van der Waals surface area contributed by atoms with Gasteiger partial charge in [-0.15, -0.1) is 0 Å². The third-order valence-electron chi connectivity index (χ3n) is 18.2. The minimum absolute atomic E-state index is 0.0863. The molecule has 0 aliphatic carbocycles. The van der Waals surface area contributed by atoms with Crippen molar-refractivity contribution in [3.8, 4) is 0 Å². The summed E-state index contributed by atoms with van der Waals surface area (Å²) in [4.78, 5) is 58.8. The minimum atomic E-state index is -4.94. The maximum absolute atomic E-state index is 13.0. The Morgan fingerprint density at radius 3 is 0.757 bits per heavy atom. The van der Waals surface area contributed by atoms with E-state index in [2.05, 4.69) is 179 Å². The van der Waals surface area contributed by atoms with Crippen LogP contribution in [0, 0.1) is 0 Å². The van der Waals surface area contributed by atoms with E-state index in [4.69, 9.17) is 32.3 Å². The maximum Gasteiger partial charge on any atom is 0.472 e. The van der Waals surface area contributed by atoms with Crippen molar-refractivity contribution in [2.24, 2.45) is 0 Å². The first-order valence-corrected chi connectivity index (χ1v) is 46.8. The average molecular weight is 1590 g/mol. The number of hydrogen-bond donors (Lipinski definition) is 4. The Labute approximate surface area is 676 Å². The first-order valence-electron chi connectivity index (χ1n) is 43.8. The molecule has 0 aliphatic rings. The van der Waals surface area contributed by atoms with Gasteiger partial charge in [0.1, 0.15) is 25.4 Å². The Kier molecular flexibility index (Phi) is 80.9. The number of ether oxygens (including phenoxy) is 3. The number of aliphatic hydroxyl groups excluding tert-OH is 2. The number of aliphatic hydroxyl groups is 2. The van der Waals surface area contributed by atoms with Gasteiger partial charge in [-0.1, -0.05) is 346 Å². The molecule has 0 aromatic rings. The van der Waals surface area contributed by atoms with Gasteiger partial charge >= 0.3 is 33.6 Å². The number of phosphoric acid groups is 2. The van der Waals surface area contributed by atoms with Crippen LogP contribution in [0.1, 0.15) is 355 Å². The van der Waals surface area contributed by atoms with Gasteiger partial charge in [-0.05, 0) is 148 Å². The fourth-order valence-corrected chi connectivity index (χ4v) is 13.2. The molecule has 0 radical (unpaired) electrons. The average Bonchev–Trinajstić information content (AvgIpc) is 0.908. The fraction of sp³-hybridized carbons (Fsp3) is 0.688. The minimum Gasteiger partial charge on any atom is -0.463 e. The van der Waals surface area contributed by atoms with Gasteiger partial charge in [0, 0.05) is 19.3 Å². The highest BCUT2D eigenvalue weighted by Crippen LogP contribution is 2.45. The lowest BCUT2D eigenvalue weighted by atomic mass is 10.0. The van der Waals surface area contributed by atoms with Gasteiger partial charge in [0.05, 0.1) is 26.4 Å². The van der Waals surface area contributed by atoms with Crippen LogP contribution in [0.5, 0.6) is 0 Å². The summed E-state index contributed by atoms with van der Waals surface area (Å²) >= 11 is 0.